The number of nitrogens with one attached hydrogen (secondary N) is 1. The fourth-order valence-electron chi connectivity index (χ4n) is 3.39. The largest absolute Gasteiger partial charge is 0.491 e. The second kappa shape index (κ2) is 10.7. The molecule has 1 heterocycles. The van der Waals surface area contributed by atoms with Gasteiger partial charge in [0.15, 0.2) is 0 Å². The van der Waals surface area contributed by atoms with Gasteiger partial charge in [-0.15, -0.1) is 11.8 Å². The first-order valence-corrected chi connectivity index (χ1v) is 13.2. The van der Waals surface area contributed by atoms with Crippen molar-refractivity contribution in [3.05, 3.63) is 53.1 Å². The number of likely N-dealkylation sites (tertiary alicyclic amines) is 1. The molecule has 0 saturated carbocycles. The number of hydrogen-bond acceptors (Lipinski definition) is 5. The molecule has 1 aliphatic rings. The summed E-state index contributed by atoms with van der Waals surface area (Å²) >= 11 is 7.47. The summed E-state index contributed by atoms with van der Waals surface area (Å²) in [7, 11) is -3.79. The summed E-state index contributed by atoms with van der Waals surface area (Å²) in [5.74, 6) is 0.986. The number of sulfonamides is 1. The van der Waals surface area contributed by atoms with E-state index in [1.807, 2.05) is 11.2 Å². The van der Waals surface area contributed by atoms with E-state index in [2.05, 4.69) is 11.6 Å². The van der Waals surface area contributed by atoms with Crippen LogP contribution in [0.5, 0.6) is 5.75 Å². The van der Waals surface area contributed by atoms with Crippen molar-refractivity contribution < 1.29 is 17.9 Å². The molecule has 1 fully saturated rings. The van der Waals surface area contributed by atoms with Crippen LogP contribution in [0, 0.1) is 5.92 Å². The summed E-state index contributed by atoms with van der Waals surface area (Å²) in [6.45, 7) is 3.78. The molecule has 0 aromatic heterocycles. The van der Waals surface area contributed by atoms with E-state index in [1.165, 1.54) is 23.9 Å². The molecule has 2 aromatic carbocycles. The van der Waals surface area contributed by atoms with Gasteiger partial charge >= 0.3 is 0 Å². The van der Waals surface area contributed by atoms with E-state index >= 15 is 0 Å². The molecular weight excluding hydrogens is 456 g/mol. The van der Waals surface area contributed by atoms with E-state index in [0.29, 0.717) is 35.3 Å². The van der Waals surface area contributed by atoms with E-state index in [9.17, 15) is 13.2 Å². The summed E-state index contributed by atoms with van der Waals surface area (Å²) in [6.07, 6.45) is 3.81. The lowest BCUT2D eigenvalue weighted by molar-refractivity contribution is 0.0693. The van der Waals surface area contributed by atoms with Gasteiger partial charge in [0.25, 0.3) is 5.91 Å². The zero-order chi connectivity index (χ0) is 22.4. The summed E-state index contributed by atoms with van der Waals surface area (Å²) < 4.78 is 33.6. The molecule has 0 atom stereocenters. The first-order valence-electron chi connectivity index (χ1n) is 10.2. The van der Waals surface area contributed by atoms with Crippen molar-refractivity contribution in [3.8, 4) is 5.75 Å². The number of carbonyl (C=O) groups is 1. The smallest absolute Gasteiger partial charge is 0.255 e. The van der Waals surface area contributed by atoms with Gasteiger partial charge in [-0.2, -0.15) is 0 Å². The third kappa shape index (κ3) is 6.16. The van der Waals surface area contributed by atoms with Gasteiger partial charge in [0.05, 0.1) is 15.5 Å². The minimum atomic E-state index is -3.79. The van der Waals surface area contributed by atoms with Gasteiger partial charge in [0, 0.05) is 24.5 Å². The maximum atomic E-state index is 13.1. The molecule has 1 saturated heterocycles. The van der Waals surface area contributed by atoms with Crippen molar-refractivity contribution in [1.82, 2.24) is 9.62 Å². The zero-order valence-electron chi connectivity index (χ0n) is 17.6. The van der Waals surface area contributed by atoms with E-state index < -0.39 is 10.0 Å². The molecule has 3 rings (SSSR count). The summed E-state index contributed by atoms with van der Waals surface area (Å²) in [5.41, 5.74) is 0.428. The van der Waals surface area contributed by atoms with Crippen LogP contribution in [0.15, 0.2) is 52.3 Å². The highest BCUT2D eigenvalue weighted by atomic mass is 35.5. The zero-order valence-corrected chi connectivity index (χ0v) is 20.0. The molecule has 0 aliphatic carbocycles. The standard InChI is InChI=1S/C22H27ClN2O4S2/c1-16-9-12-25(13-10-16)22(26)18-15-17(7-8-21(18)30-2)31(27,28)24-11-14-29-20-6-4-3-5-19(20)23/h3-8,15-16,24H,9-14H2,1-2H3. The molecule has 0 radical (unpaired) electrons. The Bertz CT molecular complexity index is 1020. The van der Waals surface area contributed by atoms with Crippen molar-refractivity contribution in [2.45, 2.75) is 29.6 Å². The van der Waals surface area contributed by atoms with E-state index in [4.69, 9.17) is 16.3 Å². The Morgan fingerprint density at radius 1 is 1.23 bits per heavy atom. The lowest BCUT2D eigenvalue weighted by atomic mass is 9.98. The predicted molar refractivity (Wildman–Crippen MR) is 125 cm³/mol. The van der Waals surface area contributed by atoms with Gasteiger partial charge in [0.1, 0.15) is 12.4 Å². The third-order valence-electron chi connectivity index (χ3n) is 5.27. The van der Waals surface area contributed by atoms with Crippen LogP contribution in [0.1, 0.15) is 30.1 Å². The Labute approximate surface area is 193 Å². The molecule has 31 heavy (non-hydrogen) atoms. The van der Waals surface area contributed by atoms with Gasteiger partial charge in [0.2, 0.25) is 10.0 Å². The molecule has 1 amide bonds. The Morgan fingerprint density at radius 3 is 2.61 bits per heavy atom. The van der Waals surface area contributed by atoms with Crippen molar-refractivity contribution >= 4 is 39.3 Å². The number of para-hydroxylation sites is 1. The van der Waals surface area contributed by atoms with Crippen molar-refractivity contribution in [2.75, 3.05) is 32.5 Å². The van der Waals surface area contributed by atoms with Crippen LogP contribution < -0.4 is 9.46 Å². The highest BCUT2D eigenvalue weighted by Crippen LogP contribution is 2.27. The molecule has 168 valence electrons. The average molecular weight is 483 g/mol. The van der Waals surface area contributed by atoms with Crippen molar-refractivity contribution in [3.63, 3.8) is 0 Å². The van der Waals surface area contributed by atoms with Crippen LogP contribution in [0.25, 0.3) is 0 Å². The lowest BCUT2D eigenvalue weighted by Crippen LogP contribution is -2.38. The number of benzene rings is 2. The average Bonchev–Trinajstić information content (AvgIpc) is 2.77. The Morgan fingerprint density at radius 2 is 1.94 bits per heavy atom. The SMILES string of the molecule is CSc1ccc(S(=O)(=O)NCCOc2ccccc2Cl)cc1C(=O)N1CCC(C)CC1. The van der Waals surface area contributed by atoms with Gasteiger partial charge < -0.3 is 9.64 Å². The maximum Gasteiger partial charge on any atom is 0.255 e. The molecule has 2 aromatic rings. The maximum absolute atomic E-state index is 13.1. The molecule has 1 N–H and O–H groups in total. The molecule has 0 bridgehead atoms. The second-order valence-corrected chi connectivity index (χ2v) is 10.5. The Balaban J connectivity index is 1.68. The fraction of sp³-hybridized carbons (Fsp3) is 0.409. The van der Waals surface area contributed by atoms with Crippen molar-refractivity contribution in [1.29, 1.82) is 0 Å². The molecule has 9 heteroatoms. The minimum absolute atomic E-state index is 0.0665. The number of hydrogen-bond donors (Lipinski definition) is 1. The first kappa shape index (κ1) is 23.9. The quantitative estimate of drug-likeness (QED) is 0.448. The highest BCUT2D eigenvalue weighted by molar-refractivity contribution is 7.98. The fourth-order valence-corrected chi connectivity index (χ4v) is 5.19. The normalized spacial score (nSPS) is 15.1. The van der Waals surface area contributed by atoms with Crippen LogP contribution in [0.3, 0.4) is 0 Å². The van der Waals surface area contributed by atoms with Crippen LogP contribution in [-0.2, 0) is 10.0 Å². The number of thioether (sulfide) groups is 1. The van der Waals surface area contributed by atoms with Gasteiger partial charge in [-0.05, 0) is 55.3 Å². The molecule has 0 spiro atoms. The third-order valence-corrected chi connectivity index (χ3v) is 7.84. The van der Waals surface area contributed by atoms with Crippen molar-refractivity contribution in [2.24, 2.45) is 5.92 Å². The molecule has 6 nitrogen and oxygen atoms in total. The molecule has 1 aliphatic heterocycles. The highest BCUT2D eigenvalue weighted by Gasteiger charge is 2.25. The first-order chi connectivity index (χ1) is 14.8. The summed E-state index contributed by atoms with van der Waals surface area (Å²) in [5, 5.41) is 0.466. The van der Waals surface area contributed by atoms with Gasteiger partial charge in [-0.1, -0.05) is 30.7 Å². The van der Waals surface area contributed by atoms with E-state index in [1.54, 1.807) is 30.3 Å². The van der Waals surface area contributed by atoms with Gasteiger partial charge in [-0.25, -0.2) is 13.1 Å². The number of piperidine rings is 1. The lowest BCUT2D eigenvalue weighted by Gasteiger charge is -2.30. The number of amides is 1. The Kier molecular flexibility index (Phi) is 8.27. The predicted octanol–water partition coefficient (Wildman–Crippen LogP) is 4.29. The van der Waals surface area contributed by atoms with E-state index in [0.717, 1.165) is 17.7 Å². The van der Waals surface area contributed by atoms with Crippen LogP contribution >= 0.6 is 23.4 Å². The number of nitrogens with zero attached hydrogens (tertiary/aromatic N) is 1. The number of halogens is 1. The van der Waals surface area contributed by atoms with Crippen LogP contribution in [0.4, 0.5) is 0 Å². The number of ether oxygens (including phenoxy) is 1. The topological polar surface area (TPSA) is 75.7 Å². The molecular formula is C22H27ClN2O4S2. The monoisotopic (exact) mass is 482 g/mol. The van der Waals surface area contributed by atoms with Crippen LogP contribution in [-0.4, -0.2) is 51.7 Å². The number of carbonyl (C=O) groups excluding carboxylic acids is 1. The number of rotatable bonds is 8. The Hall–Kier alpha value is -1.74. The summed E-state index contributed by atoms with van der Waals surface area (Å²) in [6, 6.07) is 11.7. The van der Waals surface area contributed by atoms with Crippen LogP contribution in [0.2, 0.25) is 5.02 Å². The van der Waals surface area contributed by atoms with E-state index in [-0.39, 0.29) is 24.0 Å². The second-order valence-electron chi connectivity index (χ2n) is 7.51. The molecule has 0 unspecified atom stereocenters. The minimum Gasteiger partial charge on any atom is -0.491 e. The summed E-state index contributed by atoms with van der Waals surface area (Å²) in [4.78, 5) is 15.7. The van der Waals surface area contributed by atoms with Gasteiger partial charge in [-0.3, -0.25) is 4.79 Å².